The Morgan fingerprint density at radius 1 is 1.57 bits per heavy atom. The summed E-state index contributed by atoms with van der Waals surface area (Å²) in [5.41, 5.74) is 0. The van der Waals surface area contributed by atoms with Crippen molar-refractivity contribution >= 4 is 21.9 Å². The van der Waals surface area contributed by atoms with Crippen molar-refractivity contribution in [1.82, 2.24) is 0 Å². The average Bonchev–Trinajstić information content (AvgIpc) is 2.01. The molecule has 0 aliphatic carbocycles. The molecule has 0 saturated heterocycles. The molecule has 82 valence electrons. The van der Waals surface area contributed by atoms with Crippen molar-refractivity contribution in [2.24, 2.45) is 0 Å². The van der Waals surface area contributed by atoms with Crippen LogP contribution in [0, 0.1) is 0 Å². The van der Waals surface area contributed by atoms with Gasteiger partial charge in [0.2, 0.25) is 0 Å². The standard InChI is InChI=1S/C10H19BrNO2/c1-5-10(13)14-9(6-7-11)8-12(2,3)4/h5,9H,1,6-8H2,2-4H3/q+1. The molecule has 0 rings (SSSR count). The number of hydrogen-bond donors (Lipinski definition) is 0. The van der Waals surface area contributed by atoms with Crippen LogP contribution in [0.15, 0.2) is 12.7 Å². The van der Waals surface area contributed by atoms with Crippen LogP contribution in [-0.2, 0) is 9.53 Å². The molecule has 0 aliphatic rings. The summed E-state index contributed by atoms with van der Waals surface area (Å²) >= 11 is 3.35. The van der Waals surface area contributed by atoms with E-state index >= 15 is 0 Å². The molecule has 0 aromatic carbocycles. The number of quaternary nitrogens is 1. The summed E-state index contributed by atoms with van der Waals surface area (Å²) in [6.07, 6.45) is 1.99. The summed E-state index contributed by atoms with van der Waals surface area (Å²) in [6, 6.07) is 0. The van der Waals surface area contributed by atoms with Crippen molar-refractivity contribution in [3.8, 4) is 0 Å². The minimum atomic E-state index is -0.343. The van der Waals surface area contributed by atoms with E-state index in [-0.39, 0.29) is 12.1 Å². The summed E-state index contributed by atoms with van der Waals surface area (Å²) in [7, 11) is 6.22. The van der Waals surface area contributed by atoms with Crippen LogP contribution in [0.2, 0.25) is 0 Å². The Bertz CT molecular complexity index is 199. The lowest BCUT2D eigenvalue weighted by Crippen LogP contribution is -2.43. The third-order valence-corrected chi connectivity index (χ3v) is 2.09. The van der Waals surface area contributed by atoms with Gasteiger partial charge in [-0.15, -0.1) is 0 Å². The molecule has 1 atom stereocenters. The van der Waals surface area contributed by atoms with Gasteiger partial charge in [-0.05, 0) is 6.42 Å². The third-order valence-electron chi connectivity index (χ3n) is 1.63. The number of halogens is 1. The number of carbonyl (C=O) groups excluding carboxylic acids is 1. The number of rotatable bonds is 6. The summed E-state index contributed by atoms with van der Waals surface area (Å²) in [4.78, 5) is 11.0. The van der Waals surface area contributed by atoms with E-state index in [1.165, 1.54) is 6.08 Å². The van der Waals surface area contributed by atoms with Crippen molar-refractivity contribution in [3.05, 3.63) is 12.7 Å². The summed E-state index contributed by atoms with van der Waals surface area (Å²) in [5.74, 6) is -0.343. The average molecular weight is 265 g/mol. The molecule has 0 aromatic heterocycles. The van der Waals surface area contributed by atoms with Crippen molar-refractivity contribution < 1.29 is 14.0 Å². The highest BCUT2D eigenvalue weighted by Gasteiger charge is 2.20. The maximum atomic E-state index is 11.0. The number of carbonyl (C=O) groups is 1. The van der Waals surface area contributed by atoms with Gasteiger partial charge < -0.3 is 9.22 Å². The van der Waals surface area contributed by atoms with E-state index in [1.54, 1.807) is 0 Å². The van der Waals surface area contributed by atoms with Crippen molar-refractivity contribution in [2.45, 2.75) is 12.5 Å². The van der Waals surface area contributed by atoms with E-state index in [0.29, 0.717) is 0 Å². The maximum Gasteiger partial charge on any atom is 0.330 e. The van der Waals surface area contributed by atoms with Crippen molar-refractivity contribution in [2.75, 3.05) is 33.0 Å². The number of ether oxygens (including phenoxy) is 1. The molecule has 0 amide bonds. The summed E-state index contributed by atoms with van der Waals surface area (Å²) in [6.45, 7) is 4.19. The highest BCUT2D eigenvalue weighted by molar-refractivity contribution is 9.09. The molecule has 0 aromatic rings. The predicted molar refractivity (Wildman–Crippen MR) is 61.4 cm³/mol. The van der Waals surface area contributed by atoms with E-state index in [2.05, 4.69) is 43.7 Å². The van der Waals surface area contributed by atoms with E-state index in [1.807, 2.05) is 0 Å². The third kappa shape index (κ3) is 7.09. The van der Waals surface area contributed by atoms with E-state index in [4.69, 9.17) is 4.74 Å². The number of likely N-dealkylation sites (N-methyl/N-ethyl adjacent to an activating group) is 1. The van der Waals surface area contributed by atoms with Gasteiger partial charge in [0.25, 0.3) is 0 Å². The van der Waals surface area contributed by atoms with Crippen LogP contribution in [-0.4, -0.2) is 49.6 Å². The van der Waals surface area contributed by atoms with Crippen molar-refractivity contribution in [1.29, 1.82) is 0 Å². The number of nitrogens with zero attached hydrogens (tertiary/aromatic N) is 1. The first-order valence-electron chi connectivity index (χ1n) is 4.58. The Morgan fingerprint density at radius 2 is 2.14 bits per heavy atom. The Labute approximate surface area is 94.4 Å². The maximum absolute atomic E-state index is 11.0. The largest absolute Gasteiger partial charge is 0.453 e. The molecular formula is C10H19BrNO2+. The Kier molecular flexibility index (Phi) is 6.04. The van der Waals surface area contributed by atoms with E-state index in [9.17, 15) is 4.79 Å². The monoisotopic (exact) mass is 264 g/mol. The van der Waals surface area contributed by atoms with Crippen LogP contribution in [0.3, 0.4) is 0 Å². The molecule has 0 heterocycles. The van der Waals surface area contributed by atoms with Gasteiger partial charge in [-0.2, -0.15) is 0 Å². The quantitative estimate of drug-likeness (QED) is 0.315. The van der Waals surface area contributed by atoms with Gasteiger partial charge in [0.1, 0.15) is 6.54 Å². The minimum absolute atomic E-state index is 0.0418. The fourth-order valence-electron chi connectivity index (χ4n) is 1.13. The Balaban J connectivity index is 4.15. The fourth-order valence-corrected chi connectivity index (χ4v) is 1.64. The lowest BCUT2D eigenvalue weighted by molar-refractivity contribution is -0.873. The highest BCUT2D eigenvalue weighted by atomic mass is 79.9. The zero-order valence-electron chi connectivity index (χ0n) is 9.12. The number of hydrogen-bond acceptors (Lipinski definition) is 2. The molecule has 0 N–H and O–H groups in total. The number of esters is 1. The summed E-state index contributed by atoms with van der Waals surface area (Å²) < 4.78 is 5.99. The first-order valence-corrected chi connectivity index (χ1v) is 5.70. The lowest BCUT2D eigenvalue weighted by Gasteiger charge is -2.28. The van der Waals surface area contributed by atoms with Gasteiger partial charge in [-0.1, -0.05) is 22.5 Å². The smallest absolute Gasteiger partial charge is 0.330 e. The van der Waals surface area contributed by atoms with Gasteiger partial charge in [0.05, 0.1) is 21.1 Å². The van der Waals surface area contributed by atoms with Crippen molar-refractivity contribution in [3.63, 3.8) is 0 Å². The van der Waals surface area contributed by atoms with Crippen LogP contribution in [0.4, 0.5) is 0 Å². The first-order chi connectivity index (χ1) is 6.39. The van der Waals surface area contributed by atoms with Crippen LogP contribution in [0.5, 0.6) is 0 Å². The molecule has 0 bridgehead atoms. The molecule has 0 radical (unpaired) electrons. The van der Waals surface area contributed by atoms with E-state index in [0.717, 1.165) is 22.8 Å². The normalized spacial score (nSPS) is 13.4. The van der Waals surface area contributed by atoms with Crippen LogP contribution in [0.1, 0.15) is 6.42 Å². The first kappa shape index (κ1) is 13.7. The molecule has 0 aliphatic heterocycles. The molecule has 14 heavy (non-hydrogen) atoms. The predicted octanol–water partition coefficient (Wildman–Crippen LogP) is 1.58. The zero-order valence-corrected chi connectivity index (χ0v) is 10.7. The van der Waals surface area contributed by atoms with Crippen LogP contribution in [0.25, 0.3) is 0 Å². The molecule has 3 nitrogen and oxygen atoms in total. The molecule has 0 saturated carbocycles. The van der Waals surface area contributed by atoms with Gasteiger partial charge >= 0.3 is 5.97 Å². The Hall–Kier alpha value is -0.350. The second-order valence-electron chi connectivity index (χ2n) is 4.21. The van der Waals surface area contributed by atoms with Crippen LogP contribution >= 0.6 is 15.9 Å². The van der Waals surface area contributed by atoms with Gasteiger partial charge in [0, 0.05) is 11.4 Å². The number of alkyl halides is 1. The second kappa shape index (κ2) is 6.19. The summed E-state index contributed by atoms with van der Waals surface area (Å²) in [5, 5.41) is 0.835. The molecular weight excluding hydrogens is 246 g/mol. The van der Waals surface area contributed by atoms with Gasteiger partial charge in [-0.25, -0.2) is 4.79 Å². The SMILES string of the molecule is C=CC(=O)OC(CCBr)C[N+](C)(C)C. The van der Waals surface area contributed by atoms with Gasteiger partial charge in [0.15, 0.2) is 6.10 Å². The van der Waals surface area contributed by atoms with Crippen LogP contribution < -0.4 is 0 Å². The fraction of sp³-hybridized carbons (Fsp3) is 0.700. The second-order valence-corrected chi connectivity index (χ2v) is 5.01. The molecule has 0 fully saturated rings. The van der Waals surface area contributed by atoms with Gasteiger partial charge in [-0.3, -0.25) is 0 Å². The molecule has 0 spiro atoms. The van der Waals surface area contributed by atoms with E-state index < -0.39 is 0 Å². The highest BCUT2D eigenvalue weighted by Crippen LogP contribution is 2.06. The lowest BCUT2D eigenvalue weighted by atomic mass is 10.2. The molecule has 1 unspecified atom stereocenters. The molecule has 4 heteroatoms. The Morgan fingerprint density at radius 3 is 2.50 bits per heavy atom. The topological polar surface area (TPSA) is 26.3 Å². The zero-order chi connectivity index (χ0) is 11.2. The minimum Gasteiger partial charge on any atom is -0.453 e.